The van der Waals surface area contributed by atoms with Gasteiger partial charge in [-0.15, -0.1) is 10.2 Å². The summed E-state index contributed by atoms with van der Waals surface area (Å²) in [6.45, 7) is -2.45. The Morgan fingerprint density at radius 3 is 2.24 bits per heavy atom. The van der Waals surface area contributed by atoms with Gasteiger partial charge in [-0.25, -0.2) is 9.48 Å². The number of rotatable bonds is 9. The maximum Gasteiger partial charge on any atom is 0.416 e. The number of anilines is 1. The smallest absolute Gasteiger partial charge is 0.382 e. The number of nitrogens with zero attached hydrogens (tertiary/aromatic N) is 6. The molecule has 41 heavy (non-hydrogen) atoms. The lowest BCUT2D eigenvalue weighted by Gasteiger charge is -2.16. The molecule has 2 heterocycles. The van der Waals surface area contributed by atoms with Gasteiger partial charge in [0.1, 0.15) is 12.6 Å². The third-order valence-electron chi connectivity index (χ3n) is 5.68. The summed E-state index contributed by atoms with van der Waals surface area (Å²) in [6.07, 6.45) is -12.6. The molecule has 4 aromatic rings. The number of aliphatic hydroxyl groups excluding tert-OH is 1. The fraction of sp³-hybridized carbons (Fsp3) is 0.304. The van der Waals surface area contributed by atoms with Crippen molar-refractivity contribution in [3.05, 3.63) is 74.9 Å². The van der Waals surface area contributed by atoms with E-state index >= 15 is 0 Å². The van der Waals surface area contributed by atoms with Crippen LogP contribution < -0.4 is 16.7 Å². The monoisotopic (exact) mass is 624 g/mol. The van der Waals surface area contributed by atoms with Crippen LogP contribution in [0.5, 0.6) is 0 Å². The number of aliphatic hydroxyl groups is 1. The SMILES string of the molecule is NC(CNc1nc(Cn2nc(-c3ccc(Cl)cc3)n(C[C@H](O)C(F)(F)F)c2=O)nn1-c1ccccc1Cl)C(F)(F)F. The summed E-state index contributed by atoms with van der Waals surface area (Å²) in [6, 6.07) is 9.65. The van der Waals surface area contributed by atoms with Crippen LogP contribution in [0.2, 0.25) is 10.0 Å². The Morgan fingerprint density at radius 2 is 1.63 bits per heavy atom. The molecule has 0 aliphatic heterocycles. The minimum atomic E-state index is -5.02. The molecule has 0 aliphatic carbocycles. The van der Waals surface area contributed by atoms with E-state index in [-0.39, 0.29) is 33.9 Å². The van der Waals surface area contributed by atoms with E-state index in [0.29, 0.717) is 9.59 Å². The van der Waals surface area contributed by atoms with Gasteiger partial charge in [0.05, 0.1) is 17.3 Å². The molecule has 0 saturated heterocycles. The first-order valence-corrected chi connectivity index (χ1v) is 12.4. The molecule has 0 amide bonds. The summed E-state index contributed by atoms with van der Waals surface area (Å²) in [5.41, 5.74) is 4.59. The largest absolute Gasteiger partial charge is 0.416 e. The molecule has 1 unspecified atom stereocenters. The van der Waals surface area contributed by atoms with E-state index in [1.54, 1.807) is 12.1 Å². The number of para-hydroxylation sites is 1. The lowest BCUT2D eigenvalue weighted by Crippen LogP contribution is -2.43. The lowest BCUT2D eigenvalue weighted by atomic mass is 10.2. The van der Waals surface area contributed by atoms with E-state index in [0.717, 1.165) is 9.36 Å². The highest BCUT2D eigenvalue weighted by Gasteiger charge is 2.39. The Balaban J connectivity index is 1.74. The molecule has 2 atom stereocenters. The van der Waals surface area contributed by atoms with Gasteiger partial charge in [0, 0.05) is 17.1 Å². The van der Waals surface area contributed by atoms with Gasteiger partial charge in [0.25, 0.3) is 0 Å². The normalized spacial score (nSPS) is 13.8. The summed E-state index contributed by atoms with van der Waals surface area (Å²) in [5, 5.41) is 20.9. The second-order valence-corrected chi connectivity index (χ2v) is 9.53. The van der Waals surface area contributed by atoms with E-state index in [4.69, 9.17) is 28.9 Å². The van der Waals surface area contributed by atoms with Gasteiger partial charge >= 0.3 is 18.0 Å². The van der Waals surface area contributed by atoms with Crippen molar-refractivity contribution in [1.82, 2.24) is 29.1 Å². The van der Waals surface area contributed by atoms with Crippen LogP contribution in [0.1, 0.15) is 5.82 Å². The van der Waals surface area contributed by atoms with Crippen molar-refractivity contribution in [1.29, 1.82) is 0 Å². The van der Waals surface area contributed by atoms with Gasteiger partial charge in [-0.05, 0) is 36.4 Å². The van der Waals surface area contributed by atoms with Crippen molar-refractivity contribution in [3.63, 3.8) is 0 Å². The molecule has 220 valence electrons. The van der Waals surface area contributed by atoms with Gasteiger partial charge in [0.15, 0.2) is 17.8 Å². The lowest BCUT2D eigenvalue weighted by molar-refractivity contribution is -0.207. The minimum absolute atomic E-state index is 0.154. The van der Waals surface area contributed by atoms with Crippen LogP contribution in [0.3, 0.4) is 0 Å². The molecule has 0 radical (unpaired) electrons. The molecule has 18 heteroatoms. The standard InChI is InChI=1S/C23H20Cl2F6N8O2/c24-13-7-5-12(6-8-13)19-36-38(21(41)37(19)10-17(40)23(29,30)31)11-18-34-20(33-9-16(32)22(26,27)28)39(35-18)15-4-2-1-3-14(15)25/h1-8,16-17,40H,9-11,32H2,(H,33,34,35)/t16?,17-/m0/s1. The van der Waals surface area contributed by atoms with Gasteiger partial charge in [-0.2, -0.15) is 36.0 Å². The number of halogens is 8. The topological polar surface area (TPSA) is 129 Å². The first-order valence-electron chi connectivity index (χ1n) is 11.6. The average molecular weight is 625 g/mol. The molecule has 4 rings (SSSR count). The number of benzene rings is 2. The molecule has 0 bridgehead atoms. The third-order valence-corrected chi connectivity index (χ3v) is 6.25. The van der Waals surface area contributed by atoms with Gasteiger partial charge in [0.2, 0.25) is 5.95 Å². The molecular formula is C23H20Cl2F6N8O2. The molecule has 0 fully saturated rings. The van der Waals surface area contributed by atoms with E-state index in [1.807, 2.05) is 0 Å². The van der Waals surface area contributed by atoms with Crippen molar-refractivity contribution in [2.75, 3.05) is 11.9 Å². The number of nitrogens with two attached hydrogens (primary N) is 1. The van der Waals surface area contributed by atoms with Crippen LogP contribution in [-0.2, 0) is 13.1 Å². The second-order valence-electron chi connectivity index (χ2n) is 8.68. The van der Waals surface area contributed by atoms with Crippen molar-refractivity contribution in [2.24, 2.45) is 5.73 Å². The van der Waals surface area contributed by atoms with Gasteiger partial charge in [-0.1, -0.05) is 35.3 Å². The van der Waals surface area contributed by atoms with Crippen LogP contribution in [-0.4, -0.2) is 65.3 Å². The maximum absolute atomic E-state index is 13.2. The first kappa shape index (κ1) is 30.4. The zero-order valence-corrected chi connectivity index (χ0v) is 22.0. The quantitative estimate of drug-likeness (QED) is 0.241. The van der Waals surface area contributed by atoms with Crippen molar-refractivity contribution in [2.45, 2.75) is 37.6 Å². The summed E-state index contributed by atoms with van der Waals surface area (Å²) in [7, 11) is 0. The minimum Gasteiger partial charge on any atom is -0.382 e. The molecule has 10 nitrogen and oxygen atoms in total. The number of hydrogen-bond donors (Lipinski definition) is 3. The zero-order chi connectivity index (χ0) is 30.1. The maximum atomic E-state index is 13.2. The van der Waals surface area contributed by atoms with E-state index in [1.165, 1.54) is 36.4 Å². The van der Waals surface area contributed by atoms with Crippen molar-refractivity contribution in [3.8, 4) is 17.1 Å². The predicted molar refractivity (Wildman–Crippen MR) is 137 cm³/mol. The van der Waals surface area contributed by atoms with Crippen molar-refractivity contribution >= 4 is 29.2 Å². The predicted octanol–water partition coefficient (Wildman–Crippen LogP) is 3.87. The number of hydrogen-bond acceptors (Lipinski definition) is 7. The Kier molecular flexibility index (Phi) is 8.67. The van der Waals surface area contributed by atoms with E-state index < -0.39 is 49.8 Å². The summed E-state index contributed by atoms with van der Waals surface area (Å²) >= 11 is 12.1. The molecule has 0 aliphatic rings. The fourth-order valence-electron chi connectivity index (χ4n) is 3.58. The summed E-state index contributed by atoms with van der Waals surface area (Å²) < 4.78 is 80.8. The summed E-state index contributed by atoms with van der Waals surface area (Å²) in [4.78, 5) is 17.3. The third kappa shape index (κ3) is 7.01. The van der Waals surface area contributed by atoms with Crippen LogP contribution >= 0.6 is 23.2 Å². The van der Waals surface area contributed by atoms with Crippen LogP contribution in [0.15, 0.2) is 53.3 Å². The second kappa shape index (κ2) is 11.7. The van der Waals surface area contributed by atoms with Crippen LogP contribution in [0, 0.1) is 0 Å². The van der Waals surface area contributed by atoms with E-state index in [2.05, 4.69) is 20.5 Å². The Bertz CT molecular complexity index is 1570. The Labute approximate surface area is 236 Å². The molecule has 2 aromatic carbocycles. The first-order chi connectivity index (χ1) is 19.1. The molecule has 2 aromatic heterocycles. The molecule has 0 spiro atoms. The van der Waals surface area contributed by atoms with E-state index in [9.17, 15) is 36.2 Å². The van der Waals surface area contributed by atoms with Crippen LogP contribution in [0.25, 0.3) is 17.1 Å². The van der Waals surface area contributed by atoms with Gasteiger partial charge in [-0.3, -0.25) is 4.57 Å². The summed E-state index contributed by atoms with van der Waals surface area (Å²) in [5.74, 6) is -0.570. The number of alkyl halides is 6. The zero-order valence-electron chi connectivity index (χ0n) is 20.5. The highest BCUT2D eigenvalue weighted by atomic mass is 35.5. The van der Waals surface area contributed by atoms with Crippen LogP contribution in [0.4, 0.5) is 32.3 Å². The fourth-order valence-corrected chi connectivity index (χ4v) is 3.92. The Hall–Kier alpha value is -3.60. The Morgan fingerprint density at radius 1 is 0.976 bits per heavy atom. The van der Waals surface area contributed by atoms with Crippen molar-refractivity contribution < 1.29 is 31.4 Å². The van der Waals surface area contributed by atoms with Gasteiger partial charge < -0.3 is 16.2 Å². The molecular weight excluding hydrogens is 605 g/mol. The highest BCUT2D eigenvalue weighted by Crippen LogP contribution is 2.26. The molecule has 0 saturated carbocycles. The number of aromatic nitrogens is 6. The molecule has 4 N–H and O–H groups in total. The number of nitrogens with one attached hydrogen (secondary N) is 1. The highest BCUT2D eigenvalue weighted by molar-refractivity contribution is 6.32. The average Bonchev–Trinajstić information content (AvgIpc) is 3.43.